The third kappa shape index (κ3) is 2.95. The fourth-order valence-corrected chi connectivity index (χ4v) is 1.81. The lowest BCUT2D eigenvalue weighted by molar-refractivity contribution is -0.118. The minimum absolute atomic E-state index is 0.384. The Bertz CT molecular complexity index is 325. The van der Waals surface area contributed by atoms with E-state index < -0.39 is 0 Å². The van der Waals surface area contributed by atoms with Crippen LogP contribution in [0.3, 0.4) is 0 Å². The van der Waals surface area contributed by atoms with E-state index in [-0.39, 0.29) is 0 Å². The highest BCUT2D eigenvalue weighted by atomic mass is 79.9. The Labute approximate surface area is 92.6 Å². The van der Waals surface area contributed by atoms with E-state index in [0.717, 1.165) is 16.5 Å². The Kier molecular flexibility index (Phi) is 3.02. The van der Waals surface area contributed by atoms with Crippen LogP contribution in [0.25, 0.3) is 0 Å². The van der Waals surface area contributed by atoms with Gasteiger partial charge in [0.25, 0.3) is 0 Å². The number of Topliss-reactive ketones (excluding diaryl/α,β-unsaturated/α-hetero) is 1. The van der Waals surface area contributed by atoms with Crippen LogP contribution in [0, 0.1) is 5.92 Å². The highest BCUT2D eigenvalue weighted by molar-refractivity contribution is 9.10. The third-order valence-corrected chi connectivity index (χ3v) is 3.06. The van der Waals surface area contributed by atoms with E-state index in [4.69, 9.17) is 0 Å². The van der Waals surface area contributed by atoms with E-state index >= 15 is 0 Å². The van der Waals surface area contributed by atoms with Crippen molar-refractivity contribution in [1.82, 2.24) is 0 Å². The maximum atomic E-state index is 11.5. The van der Waals surface area contributed by atoms with Gasteiger partial charge in [0.15, 0.2) is 0 Å². The zero-order chi connectivity index (χ0) is 9.97. The second-order valence-corrected chi connectivity index (χ2v) is 4.91. The van der Waals surface area contributed by atoms with Crippen LogP contribution in [0.15, 0.2) is 28.7 Å². The smallest absolute Gasteiger partial charge is 0.137 e. The van der Waals surface area contributed by atoms with Crippen molar-refractivity contribution in [2.75, 3.05) is 0 Å². The van der Waals surface area contributed by atoms with Gasteiger partial charge in [-0.2, -0.15) is 0 Å². The van der Waals surface area contributed by atoms with Crippen LogP contribution >= 0.6 is 15.9 Å². The molecular weight excluding hydrogens is 240 g/mol. The van der Waals surface area contributed by atoms with Crippen LogP contribution in [-0.2, 0) is 11.2 Å². The molecule has 0 bridgehead atoms. The van der Waals surface area contributed by atoms with Gasteiger partial charge in [0.2, 0.25) is 0 Å². The summed E-state index contributed by atoms with van der Waals surface area (Å²) in [4.78, 5) is 11.5. The molecule has 1 aliphatic carbocycles. The highest BCUT2D eigenvalue weighted by Gasteiger charge is 2.23. The summed E-state index contributed by atoms with van der Waals surface area (Å²) >= 11 is 3.38. The number of hydrogen-bond donors (Lipinski definition) is 0. The summed E-state index contributed by atoms with van der Waals surface area (Å²) in [5.74, 6) is 1.09. The van der Waals surface area contributed by atoms with Crippen LogP contribution in [0.1, 0.15) is 24.8 Å². The van der Waals surface area contributed by atoms with Gasteiger partial charge in [-0.15, -0.1) is 0 Å². The molecule has 2 rings (SSSR count). The maximum Gasteiger partial charge on any atom is 0.137 e. The van der Waals surface area contributed by atoms with E-state index in [0.29, 0.717) is 18.1 Å². The van der Waals surface area contributed by atoms with Crippen molar-refractivity contribution in [3.05, 3.63) is 34.3 Å². The summed E-state index contributed by atoms with van der Waals surface area (Å²) in [6.45, 7) is 0. The molecule has 74 valence electrons. The average molecular weight is 253 g/mol. The molecule has 0 amide bonds. The van der Waals surface area contributed by atoms with Crippen molar-refractivity contribution in [3.8, 4) is 0 Å². The Balaban J connectivity index is 1.89. The van der Waals surface area contributed by atoms with Gasteiger partial charge in [-0.3, -0.25) is 4.79 Å². The molecule has 0 N–H and O–H groups in total. The zero-order valence-electron chi connectivity index (χ0n) is 8.00. The van der Waals surface area contributed by atoms with Gasteiger partial charge in [-0.05, 0) is 36.5 Å². The monoisotopic (exact) mass is 252 g/mol. The summed E-state index contributed by atoms with van der Waals surface area (Å²) in [5.41, 5.74) is 1.12. The lowest BCUT2D eigenvalue weighted by Gasteiger charge is -2.00. The highest BCUT2D eigenvalue weighted by Crippen LogP contribution is 2.32. The van der Waals surface area contributed by atoms with Gasteiger partial charge < -0.3 is 0 Å². The zero-order valence-corrected chi connectivity index (χ0v) is 9.59. The third-order valence-electron chi connectivity index (χ3n) is 2.53. The van der Waals surface area contributed by atoms with Gasteiger partial charge in [-0.25, -0.2) is 0 Å². The number of benzene rings is 1. The second kappa shape index (κ2) is 4.26. The Morgan fingerprint density at radius 1 is 1.29 bits per heavy atom. The van der Waals surface area contributed by atoms with E-state index in [1.807, 2.05) is 24.3 Å². The Morgan fingerprint density at radius 3 is 2.50 bits per heavy atom. The first-order chi connectivity index (χ1) is 6.74. The van der Waals surface area contributed by atoms with Crippen molar-refractivity contribution in [2.24, 2.45) is 5.92 Å². The summed E-state index contributed by atoms with van der Waals surface area (Å²) < 4.78 is 1.07. The molecule has 0 atom stereocenters. The van der Waals surface area contributed by atoms with Crippen molar-refractivity contribution < 1.29 is 4.79 Å². The molecule has 0 heterocycles. The minimum atomic E-state index is 0.384. The van der Waals surface area contributed by atoms with E-state index in [2.05, 4.69) is 15.9 Å². The SMILES string of the molecule is O=C(Cc1ccc(Br)cc1)CC1CC1. The molecule has 0 aromatic heterocycles. The van der Waals surface area contributed by atoms with Crippen LogP contribution in [0.2, 0.25) is 0 Å². The summed E-state index contributed by atoms with van der Waals surface area (Å²) in [6, 6.07) is 7.99. The van der Waals surface area contributed by atoms with Gasteiger partial charge >= 0.3 is 0 Å². The normalized spacial score (nSPS) is 15.5. The minimum Gasteiger partial charge on any atom is -0.299 e. The first-order valence-electron chi connectivity index (χ1n) is 5.00. The number of ketones is 1. The predicted molar refractivity (Wildman–Crippen MR) is 60.2 cm³/mol. The summed E-state index contributed by atoms with van der Waals surface area (Å²) in [7, 11) is 0. The number of rotatable bonds is 4. The van der Waals surface area contributed by atoms with Crippen molar-refractivity contribution in [3.63, 3.8) is 0 Å². The largest absolute Gasteiger partial charge is 0.299 e. The van der Waals surface area contributed by atoms with Crippen LogP contribution in [0.4, 0.5) is 0 Å². The van der Waals surface area contributed by atoms with Crippen molar-refractivity contribution in [1.29, 1.82) is 0 Å². The molecule has 0 aliphatic heterocycles. The van der Waals surface area contributed by atoms with E-state index in [9.17, 15) is 4.79 Å². The molecule has 14 heavy (non-hydrogen) atoms. The van der Waals surface area contributed by atoms with Gasteiger partial charge in [-0.1, -0.05) is 28.1 Å². The van der Waals surface area contributed by atoms with Gasteiger partial charge in [0, 0.05) is 17.3 Å². The molecule has 1 saturated carbocycles. The summed E-state index contributed by atoms with van der Waals surface area (Å²) in [6.07, 6.45) is 3.90. The van der Waals surface area contributed by atoms with Gasteiger partial charge in [0.05, 0.1) is 0 Å². The standard InChI is InChI=1S/C12H13BrO/c13-11-5-3-10(4-6-11)8-12(14)7-9-1-2-9/h3-6,9H,1-2,7-8H2. The molecule has 1 fully saturated rings. The molecule has 0 radical (unpaired) electrons. The Hall–Kier alpha value is -0.630. The second-order valence-electron chi connectivity index (χ2n) is 3.99. The number of carbonyl (C=O) groups is 1. The molecule has 0 saturated heterocycles. The predicted octanol–water partition coefficient (Wildman–Crippen LogP) is 3.36. The molecule has 1 nitrogen and oxygen atoms in total. The molecule has 1 aromatic carbocycles. The molecular formula is C12H13BrO. The van der Waals surface area contributed by atoms with E-state index in [1.54, 1.807) is 0 Å². The molecule has 2 heteroatoms. The molecule has 0 unspecified atom stereocenters. The molecule has 1 aliphatic rings. The average Bonchev–Trinajstić information content (AvgIpc) is 2.93. The fraction of sp³-hybridized carbons (Fsp3) is 0.417. The van der Waals surface area contributed by atoms with Gasteiger partial charge in [0.1, 0.15) is 5.78 Å². The van der Waals surface area contributed by atoms with Crippen LogP contribution in [0.5, 0.6) is 0 Å². The van der Waals surface area contributed by atoms with Crippen LogP contribution < -0.4 is 0 Å². The fourth-order valence-electron chi connectivity index (χ4n) is 1.55. The maximum absolute atomic E-state index is 11.5. The molecule has 0 spiro atoms. The first-order valence-corrected chi connectivity index (χ1v) is 5.79. The van der Waals surface area contributed by atoms with E-state index in [1.165, 1.54) is 12.8 Å². The molecule has 1 aromatic rings. The first kappa shape index (κ1) is 9.91. The van der Waals surface area contributed by atoms with Crippen LogP contribution in [-0.4, -0.2) is 5.78 Å². The number of halogens is 1. The summed E-state index contributed by atoms with van der Waals surface area (Å²) in [5, 5.41) is 0. The van der Waals surface area contributed by atoms with Crippen molar-refractivity contribution in [2.45, 2.75) is 25.7 Å². The Morgan fingerprint density at radius 2 is 1.93 bits per heavy atom. The quantitative estimate of drug-likeness (QED) is 0.804. The lowest BCUT2D eigenvalue weighted by Crippen LogP contribution is -2.03. The number of carbonyl (C=O) groups excluding carboxylic acids is 1. The lowest BCUT2D eigenvalue weighted by atomic mass is 10.1. The topological polar surface area (TPSA) is 17.1 Å². The van der Waals surface area contributed by atoms with Crippen molar-refractivity contribution >= 4 is 21.7 Å². The number of hydrogen-bond acceptors (Lipinski definition) is 1.